The van der Waals surface area contributed by atoms with Gasteiger partial charge < -0.3 is 15.0 Å². The number of pyridine rings is 1. The van der Waals surface area contributed by atoms with Crippen LogP contribution in [0.1, 0.15) is 18.4 Å². The molecule has 0 aliphatic carbocycles. The van der Waals surface area contributed by atoms with E-state index in [0.717, 1.165) is 17.7 Å². The summed E-state index contributed by atoms with van der Waals surface area (Å²) < 4.78 is 5.37. The molecule has 0 bridgehead atoms. The van der Waals surface area contributed by atoms with Crippen molar-refractivity contribution in [1.82, 2.24) is 4.98 Å². The Morgan fingerprint density at radius 2 is 2.10 bits per heavy atom. The topological polar surface area (TPSA) is 97.6 Å². The highest BCUT2D eigenvalue weighted by atomic mass is 16.6. The van der Waals surface area contributed by atoms with Crippen LogP contribution in [0.4, 0.5) is 17.1 Å². The number of rotatable bonds is 5. The number of carbonyl (C=O) groups is 1. The summed E-state index contributed by atoms with van der Waals surface area (Å²) in [6.45, 7) is 2.65. The van der Waals surface area contributed by atoms with Crippen LogP contribution >= 0.6 is 0 Å². The van der Waals surface area contributed by atoms with Gasteiger partial charge in [0.05, 0.1) is 23.1 Å². The number of hydrogen-bond acceptors (Lipinski definition) is 6. The molecular weight excluding hydrogens is 384 g/mol. The van der Waals surface area contributed by atoms with Crippen LogP contribution in [0, 0.1) is 17.0 Å². The number of fused-ring (bicyclic) bond motifs is 1. The number of ether oxygens (including phenoxy) is 1. The molecule has 2 heterocycles. The molecule has 8 heteroatoms. The average Bonchev–Trinajstić information content (AvgIpc) is 3.23. The number of nitro benzene ring substituents is 1. The molecule has 1 aliphatic heterocycles. The molecule has 1 amide bonds. The average molecular weight is 406 g/mol. The third-order valence-corrected chi connectivity index (χ3v) is 5.45. The van der Waals surface area contributed by atoms with Gasteiger partial charge in [0.15, 0.2) is 0 Å². The smallest absolute Gasteiger partial charge is 0.278 e. The minimum atomic E-state index is -0.411. The summed E-state index contributed by atoms with van der Waals surface area (Å²) in [6.07, 6.45) is 4.66. The van der Waals surface area contributed by atoms with Gasteiger partial charge in [0, 0.05) is 36.1 Å². The Bertz CT molecular complexity index is 1130. The van der Waals surface area contributed by atoms with Gasteiger partial charge in [-0.2, -0.15) is 0 Å². The van der Waals surface area contributed by atoms with E-state index < -0.39 is 4.92 Å². The SMILES string of the molecule is COc1ccc(C)cc1NC(=O)C1CCCN1c1ccc([N+](=O)[O-])c2cnccc12. The van der Waals surface area contributed by atoms with E-state index in [1.54, 1.807) is 25.4 Å². The zero-order chi connectivity index (χ0) is 21.3. The van der Waals surface area contributed by atoms with E-state index in [9.17, 15) is 14.9 Å². The van der Waals surface area contributed by atoms with Crippen molar-refractivity contribution in [3.8, 4) is 5.75 Å². The molecule has 1 N–H and O–H groups in total. The van der Waals surface area contributed by atoms with E-state index in [0.29, 0.717) is 35.2 Å². The molecule has 1 unspecified atom stereocenters. The number of amides is 1. The maximum atomic E-state index is 13.2. The highest BCUT2D eigenvalue weighted by molar-refractivity contribution is 6.03. The van der Waals surface area contributed by atoms with Crippen LogP contribution < -0.4 is 15.0 Å². The molecule has 1 saturated heterocycles. The van der Waals surface area contributed by atoms with Crippen molar-refractivity contribution < 1.29 is 14.5 Å². The molecule has 0 saturated carbocycles. The van der Waals surface area contributed by atoms with Crippen molar-refractivity contribution in [2.75, 3.05) is 23.9 Å². The first-order valence-electron chi connectivity index (χ1n) is 9.73. The summed E-state index contributed by atoms with van der Waals surface area (Å²) in [6, 6.07) is 10.2. The molecule has 1 aliphatic rings. The van der Waals surface area contributed by atoms with Crippen LogP contribution in [-0.4, -0.2) is 35.5 Å². The molecular formula is C22H22N4O4. The summed E-state index contributed by atoms with van der Waals surface area (Å²) in [5.74, 6) is 0.474. The number of methoxy groups -OCH3 is 1. The number of nitrogens with one attached hydrogen (secondary N) is 1. The lowest BCUT2D eigenvalue weighted by Crippen LogP contribution is -2.39. The lowest BCUT2D eigenvalue weighted by atomic mass is 10.1. The van der Waals surface area contributed by atoms with E-state index in [4.69, 9.17) is 4.74 Å². The Morgan fingerprint density at radius 1 is 1.27 bits per heavy atom. The molecule has 154 valence electrons. The lowest BCUT2D eigenvalue weighted by Gasteiger charge is -2.27. The summed E-state index contributed by atoms with van der Waals surface area (Å²) >= 11 is 0. The largest absolute Gasteiger partial charge is 0.495 e. The van der Waals surface area contributed by atoms with E-state index in [2.05, 4.69) is 10.3 Å². The molecule has 1 aromatic heterocycles. The maximum Gasteiger partial charge on any atom is 0.278 e. The van der Waals surface area contributed by atoms with Gasteiger partial charge in [-0.05, 0) is 49.6 Å². The quantitative estimate of drug-likeness (QED) is 0.507. The molecule has 4 rings (SSSR count). The zero-order valence-corrected chi connectivity index (χ0v) is 16.8. The minimum absolute atomic E-state index is 0.00606. The van der Waals surface area contributed by atoms with Gasteiger partial charge in [-0.15, -0.1) is 0 Å². The number of carbonyl (C=O) groups excluding carboxylic acids is 1. The Kier molecular flexibility index (Phi) is 5.22. The number of non-ortho nitro benzene ring substituents is 1. The Labute approximate surface area is 173 Å². The van der Waals surface area contributed by atoms with Gasteiger partial charge in [0.1, 0.15) is 11.8 Å². The first-order chi connectivity index (χ1) is 14.5. The van der Waals surface area contributed by atoms with Crippen molar-refractivity contribution in [2.45, 2.75) is 25.8 Å². The third-order valence-electron chi connectivity index (χ3n) is 5.45. The lowest BCUT2D eigenvalue weighted by molar-refractivity contribution is -0.383. The van der Waals surface area contributed by atoms with Gasteiger partial charge in [0.25, 0.3) is 5.69 Å². The van der Waals surface area contributed by atoms with Crippen molar-refractivity contribution in [3.05, 3.63) is 64.5 Å². The van der Waals surface area contributed by atoms with Crippen LogP contribution in [0.25, 0.3) is 10.8 Å². The van der Waals surface area contributed by atoms with Gasteiger partial charge in [0.2, 0.25) is 5.91 Å². The molecule has 2 aromatic carbocycles. The number of anilines is 2. The minimum Gasteiger partial charge on any atom is -0.495 e. The normalized spacial score (nSPS) is 15.9. The van der Waals surface area contributed by atoms with Crippen molar-refractivity contribution in [2.24, 2.45) is 0 Å². The van der Waals surface area contributed by atoms with Crippen molar-refractivity contribution in [3.63, 3.8) is 0 Å². The number of nitro groups is 1. The second kappa shape index (κ2) is 7.98. The fraction of sp³-hybridized carbons (Fsp3) is 0.273. The van der Waals surface area contributed by atoms with Crippen LogP contribution in [0.3, 0.4) is 0 Å². The Balaban J connectivity index is 1.68. The number of aryl methyl sites for hydroxylation is 1. The molecule has 30 heavy (non-hydrogen) atoms. The highest BCUT2D eigenvalue weighted by Gasteiger charge is 2.33. The van der Waals surface area contributed by atoms with Crippen LogP contribution in [0.5, 0.6) is 5.75 Å². The summed E-state index contributed by atoms with van der Waals surface area (Å²) in [4.78, 5) is 30.2. The van der Waals surface area contributed by atoms with Gasteiger partial charge in [-0.25, -0.2) is 0 Å². The molecule has 1 fully saturated rings. The Morgan fingerprint density at radius 3 is 2.87 bits per heavy atom. The molecule has 8 nitrogen and oxygen atoms in total. The number of benzene rings is 2. The molecule has 3 aromatic rings. The highest BCUT2D eigenvalue weighted by Crippen LogP contribution is 2.37. The molecule has 0 spiro atoms. The zero-order valence-electron chi connectivity index (χ0n) is 16.8. The van der Waals surface area contributed by atoms with Gasteiger partial charge >= 0.3 is 0 Å². The predicted molar refractivity (Wildman–Crippen MR) is 115 cm³/mol. The maximum absolute atomic E-state index is 13.2. The summed E-state index contributed by atoms with van der Waals surface area (Å²) in [5.41, 5.74) is 2.45. The first kappa shape index (κ1) is 19.6. The van der Waals surface area contributed by atoms with Gasteiger partial charge in [-0.3, -0.25) is 19.9 Å². The fourth-order valence-electron chi connectivity index (χ4n) is 4.03. The number of hydrogen-bond donors (Lipinski definition) is 1. The number of aromatic nitrogens is 1. The summed E-state index contributed by atoms with van der Waals surface area (Å²) in [5, 5.41) is 15.6. The van der Waals surface area contributed by atoms with E-state index in [1.807, 2.05) is 30.0 Å². The predicted octanol–water partition coefficient (Wildman–Crippen LogP) is 4.07. The second-order valence-corrected chi connectivity index (χ2v) is 7.33. The van der Waals surface area contributed by atoms with Gasteiger partial charge in [-0.1, -0.05) is 6.07 Å². The van der Waals surface area contributed by atoms with Crippen LogP contribution in [-0.2, 0) is 4.79 Å². The monoisotopic (exact) mass is 406 g/mol. The van der Waals surface area contributed by atoms with E-state index in [-0.39, 0.29) is 17.6 Å². The van der Waals surface area contributed by atoms with E-state index >= 15 is 0 Å². The van der Waals surface area contributed by atoms with Crippen LogP contribution in [0.2, 0.25) is 0 Å². The molecule has 1 atom stereocenters. The van der Waals surface area contributed by atoms with E-state index in [1.165, 1.54) is 12.3 Å². The van der Waals surface area contributed by atoms with Crippen molar-refractivity contribution in [1.29, 1.82) is 0 Å². The first-order valence-corrected chi connectivity index (χ1v) is 9.73. The Hall–Kier alpha value is -3.68. The number of nitrogens with zero attached hydrogens (tertiary/aromatic N) is 3. The standard InChI is InChI=1S/C22H22N4O4/c1-14-5-8-21(30-2)17(12-14)24-22(27)20-4-3-11-25(20)18-6-7-19(26(28)29)16-13-23-10-9-15(16)18/h5-10,12-13,20H,3-4,11H2,1-2H3,(H,24,27). The third kappa shape index (κ3) is 3.52. The van der Waals surface area contributed by atoms with Crippen molar-refractivity contribution >= 4 is 33.7 Å². The fourth-order valence-corrected chi connectivity index (χ4v) is 4.03. The second-order valence-electron chi connectivity index (χ2n) is 7.33. The molecule has 0 radical (unpaired) electrons. The summed E-state index contributed by atoms with van der Waals surface area (Å²) in [7, 11) is 1.57. The van der Waals surface area contributed by atoms with Crippen LogP contribution in [0.15, 0.2) is 48.8 Å².